The molecule has 0 N–H and O–H groups in total. The average Bonchev–Trinajstić information content (AvgIpc) is 2.28. The molecule has 0 saturated carbocycles. The van der Waals surface area contributed by atoms with E-state index in [1.807, 2.05) is 19.1 Å². The maximum atomic E-state index is 11.5. The van der Waals surface area contributed by atoms with Gasteiger partial charge in [0.1, 0.15) is 0 Å². The Bertz CT molecular complexity index is 464. The molecule has 0 radical (unpaired) electrons. The number of nitrogens with zero attached hydrogens (tertiary/aromatic N) is 1. The second-order valence-corrected chi connectivity index (χ2v) is 4.51. The van der Waals surface area contributed by atoms with Gasteiger partial charge in [-0.15, -0.1) is 0 Å². The number of likely N-dealkylation sites (N-methyl/N-ethyl adjacent to an activating group) is 1. The molecule has 0 bridgehead atoms. The first kappa shape index (κ1) is 13.4. The van der Waals surface area contributed by atoms with Crippen molar-refractivity contribution in [2.75, 3.05) is 7.05 Å². The van der Waals surface area contributed by atoms with Gasteiger partial charge in [0.25, 0.3) is 5.91 Å². The number of carbonyl (C=O) groups is 2. The fourth-order valence-corrected chi connectivity index (χ4v) is 1.78. The Morgan fingerprint density at radius 2 is 1.71 bits per heavy atom. The van der Waals surface area contributed by atoms with Crippen molar-refractivity contribution in [1.82, 2.24) is 4.90 Å². The van der Waals surface area contributed by atoms with Crippen LogP contribution in [0.2, 0.25) is 0 Å². The van der Waals surface area contributed by atoms with Crippen LogP contribution in [0.5, 0.6) is 0 Å². The van der Waals surface area contributed by atoms with E-state index in [1.165, 1.54) is 28.5 Å². The molecule has 0 atom stereocenters. The van der Waals surface area contributed by atoms with E-state index < -0.39 is 11.7 Å². The van der Waals surface area contributed by atoms with E-state index in [9.17, 15) is 9.59 Å². The highest BCUT2D eigenvalue weighted by molar-refractivity contribution is 6.34. The fourth-order valence-electron chi connectivity index (χ4n) is 1.78. The van der Waals surface area contributed by atoms with Crippen molar-refractivity contribution < 1.29 is 9.59 Å². The minimum atomic E-state index is -0.442. The molecule has 1 aromatic carbocycles. The second kappa shape index (κ2) is 5.13. The van der Waals surface area contributed by atoms with E-state index in [2.05, 4.69) is 13.8 Å². The van der Waals surface area contributed by atoms with Crippen molar-refractivity contribution in [3.05, 3.63) is 34.4 Å². The number of ketones is 1. The summed E-state index contributed by atoms with van der Waals surface area (Å²) < 4.78 is 0. The van der Waals surface area contributed by atoms with Gasteiger partial charge in [0, 0.05) is 20.5 Å². The first-order chi connectivity index (χ1) is 7.84. The molecule has 0 fully saturated rings. The van der Waals surface area contributed by atoms with Crippen LogP contribution in [0.25, 0.3) is 0 Å². The Hall–Kier alpha value is -1.64. The lowest BCUT2D eigenvalue weighted by molar-refractivity contribution is -0.143. The van der Waals surface area contributed by atoms with Crippen LogP contribution in [0.1, 0.15) is 29.2 Å². The van der Waals surface area contributed by atoms with Crippen LogP contribution >= 0.6 is 0 Å². The molecule has 3 heteroatoms. The van der Waals surface area contributed by atoms with Gasteiger partial charge < -0.3 is 4.90 Å². The van der Waals surface area contributed by atoms with E-state index in [1.54, 1.807) is 7.05 Å². The molecule has 0 unspecified atom stereocenters. The standard InChI is InChI=1S/C14H19NO2/c1-9-6-7-13(11(3)10(9)2)8-15(5)14(17)12(4)16/h6-7H,8H2,1-5H3. The highest BCUT2D eigenvalue weighted by Crippen LogP contribution is 2.18. The molecule has 0 aliphatic rings. The maximum absolute atomic E-state index is 11.5. The molecule has 0 heterocycles. The third-order valence-electron chi connectivity index (χ3n) is 3.23. The lowest BCUT2D eigenvalue weighted by Gasteiger charge is -2.18. The molecule has 3 nitrogen and oxygen atoms in total. The van der Waals surface area contributed by atoms with Gasteiger partial charge >= 0.3 is 0 Å². The summed E-state index contributed by atoms with van der Waals surface area (Å²) in [5, 5.41) is 0. The Labute approximate surface area is 102 Å². The lowest BCUT2D eigenvalue weighted by Crippen LogP contribution is -2.31. The monoisotopic (exact) mass is 233 g/mol. The van der Waals surface area contributed by atoms with Gasteiger partial charge in [0.15, 0.2) is 0 Å². The quantitative estimate of drug-likeness (QED) is 0.750. The van der Waals surface area contributed by atoms with Gasteiger partial charge in [-0.05, 0) is 43.0 Å². The predicted octanol–water partition coefficient (Wildman–Crippen LogP) is 2.16. The zero-order chi connectivity index (χ0) is 13.2. The topological polar surface area (TPSA) is 37.4 Å². The molecular formula is C14H19NO2. The summed E-state index contributed by atoms with van der Waals surface area (Å²) in [4.78, 5) is 23.9. The number of benzene rings is 1. The van der Waals surface area contributed by atoms with Crippen molar-refractivity contribution in [3.8, 4) is 0 Å². The number of hydrogen-bond acceptors (Lipinski definition) is 2. The fraction of sp³-hybridized carbons (Fsp3) is 0.429. The third kappa shape index (κ3) is 2.93. The Kier molecular flexibility index (Phi) is 4.05. The molecule has 0 saturated heterocycles. The molecule has 0 aromatic heterocycles. The van der Waals surface area contributed by atoms with E-state index >= 15 is 0 Å². The van der Waals surface area contributed by atoms with Gasteiger partial charge in [-0.25, -0.2) is 0 Å². The van der Waals surface area contributed by atoms with Crippen LogP contribution in [0.15, 0.2) is 12.1 Å². The van der Waals surface area contributed by atoms with Gasteiger partial charge in [0.2, 0.25) is 5.78 Å². The highest BCUT2D eigenvalue weighted by Gasteiger charge is 2.15. The summed E-state index contributed by atoms with van der Waals surface area (Å²) in [6, 6.07) is 4.06. The van der Waals surface area contributed by atoms with Crippen molar-refractivity contribution >= 4 is 11.7 Å². The van der Waals surface area contributed by atoms with Crippen LogP contribution in [-0.2, 0) is 16.1 Å². The van der Waals surface area contributed by atoms with Crippen LogP contribution in [0, 0.1) is 20.8 Å². The van der Waals surface area contributed by atoms with Crippen molar-refractivity contribution in [2.24, 2.45) is 0 Å². The van der Waals surface area contributed by atoms with Crippen LogP contribution in [0.4, 0.5) is 0 Å². The molecule has 1 amide bonds. The van der Waals surface area contributed by atoms with Gasteiger partial charge in [-0.3, -0.25) is 9.59 Å². The molecular weight excluding hydrogens is 214 g/mol. The summed E-state index contributed by atoms with van der Waals surface area (Å²) in [6.45, 7) is 7.96. The normalized spacial score (nSPS) is 10.2. The van der Waals surface area contributed by atoms with Crippen molar-refractivity contribution in [2.45, 2.75) is 34.2 Å². The zero-order valence-corrected chi connectivity index (χ0v) is 11.1. The van der Waals surface area contributed by atoms with Crippen LogP contribution < -0.4 is 0 Å². The zero-order valence-electron chi connectivity index (χ0n) is 11.1. The number of rotatable bonds is 3. The predicted molar refractivity (Wildman–Crippen MR) is 67.8 cm³/mol. The molecule has 17 heavy (non-hydrogen) atoms. The summed E-state index contributed by atoms with van der Waals surface area (Å²) in [5.74, 6) is -0.864. The summed E-state index contributed by atoms with van der Waals surface area (Å²) in [6.07, 6.45) is 0. The largest absolute Gasteiger partial charge is 0.335 e. The summed E-state index contributed by atoms with van der Waals surface area (Å²) >= 11 is 0. The van der Waals surface area contributed by atoms with Gasteiger partial charge in [-0.2, -0.15) is 0 Å². The Balaban J connectivity index is 2.93. The first-order valence-electron chi connectivity index (χ1n) is 5.66. The number of Topliss-reactive ketones (excluding diaryl/α,β-unsaturated/α-hetero) is 1. The molecule has 0 aliphatic heterocycles. The molecule has 0 spiro atoms. The number of aryl methyl sites for hydroxylation is 1. The van der Waals surface area contributed by atoms with Crippen LogP contribution in [0.3, 0.4) is 0 Å². The summed E-state index contributed by atoms with van der Waals surface area (Å²) in [7, 11) is 1.65. The molecule has 92 valence electrons. The van der Waals surface area contributed by atoms with Gasteiger partial charge in [-0.1, -0.05) is 12.1 Å². The lowest BCUT2D eigenvalue weighted by atomic mass is 9.98. The Morgan fingerprint density at radius 3 is 2.24 bits per heavy atom. The SMILES string of the molecule is CC(=O)C(=O)N(C)Cc1ccc(C)c(C)c1C. The molecule has 1 rings (SSSR count). The third-order valence-corrected chi connectivity index (χ3v) is 3.23. The maximum Gasteiger partial charge on any atom is 0.289 e. The first-order valence-corrected chi connectivity index (χ1v) is 5.66. The minimum Gasteiger partial charge on any atom is -0.335 e. The van der Waals surface area contributed by atoms with Gasteiger partial charge in [0.05, 0.1) is 0 Å². The smallest absolute Gasteiger partial charge is 0.289 e. The molecule has 0 aliphatic carbocycles. The highest BCUT2D eigenvalue weighted by atomic mass is 16.2. The number of amides is 1. The van der Waals surface area contributed by atoms with Crippen molar-refractivity contribution in [3.63, 3.8) is 0 Å². The van der Waals surface area contributed by atoms with Crippen LogP contribution in [-0.4, -0.2) is 23.6 Å². The number of hydrogen-bond donors (Lipinski definition) is 0. The van der Waals surface area contributed by atoms with E-state index in [0.29, 0.717) is 6.54 Å². The summed E-state index contributed by atoms with van der Waals surface area (Å²) in [5.41, 5.74) is 4.76. The minimum absolute atomic E-state index is 0.422. The second-order valence-electron chi connectivity index (χ2n) is 4.51. The molecule has 1 aromatic rings. The van der Waals surface area contributed by atoms with E-state index in [-0.39, 0.29) is 0 Å². The van der Waals surface area contributed by atoms with E-state index in [0.717, 1.165) is 5.56 Å². The average molecular weight is 233 g/mol. The van der Waals surface area contributed by atoms with E-state index in [4.69, 9.17) is 0 Å². The Morgan fingerprint density at radius 1 is 1.12 bits per heavy atom. The number of carbonyl (C=O) groups excluding carboxylic acids is 2. The van der Waals surface area contributed by atoms with Crippen molar-refractivity contribution in [1.29, 1.82) is 0 Å².